The van der Waals surface area contributed by atoms with E-state index in [0.717, 1.165) is 6.20 Å². The van der Waals surface area contributed by atoms with Gasteiger partial charge in [-0.15, -0.1) is 0 Å². The molecule has 2 rings (SSSR count). The van der Waals surface area contributed by atoms with Crippen molar-refractivity contribution in [3.63, 3.8) is 0 Å². The molecular weight excluding hydrogens is 305 g/mol. The Hall–Kier alpha value is -2.57. The largest absolute Gasteiger partial charge is 0.493 e. The number of ether oxygens (including phenoxy) is 3. The number of nitrogens with zero attached hydrogens (tertiary/aromatic N) is 1. The number of esters is 1. The molecule has 0 spiro atoms. The summed E-state index contributed by atoms with van der Waals surface area (Å²) in [5.74, 6) is -0.203. The molecule has 124 valence electrons. The maximum atomic E-state index is 14.5. The molecule has 0 unspecified atom stereocenters. The molecule has 0 amide bonds. The van der Waals surface area contributed by atoms with Gasteiger partial charge in [-0.3, -0.25) is 4.79 Å². The van der Waals surface area contributed by atoms with Crippen LogP contribution in [0.4, 0.5) is 4.48 Å². The quantitative estimate of drug-likeness (QED) is 0.791. The van der Waals surface area contributed by atoms with E-state index in [1.54, 1.807) is 13.8 Å². The third-order valence-corrected chi connectivity index (χ3v) is 3.53. The third-order valence-electron chi connectivity index (χ3n) is 3.53. The van der Waals surface area contributed by atoms with Crippen LogP contribution in [0.15, 0.2) is 17.1 Å². The smallest absolute Gasteiger partial charge is 0.343 e. The molecule has 23 heavy (non-hydrogen) atoms. The van der Waals surface area contributed by atoms with Crippen molar-refractivity contribution in [2.24, 2.45) is 0 Å². The number of carbonyl (C=O) groups excluding carboxylic acids is 1. The molecule has 7 heteroatoms. The number of hydrogen-bond acceptors (Lipinski definition) is 5. The predicted molar refractivity (Wildman–Crippen MR) is 83.2 cm³/mol. The molecule has 6 nitrogen and oxygen atoms in total. The maximum absolute atomic E-state index is 14.5. The fraction of sp³-hybridized carbons (Fsp3) is 0.375. The van der Waals surface area contributed by atoms with Gasteiger partial charge in [0.05, 0.1) is 37.9 Å². The molecule has 0 N–H and O–H groups in total. The first-order chi connectivity index (χ1) is 11.0. The van der Waals surface area contributed by atoms with Gasteiger partial charge in [0, 0.05) is 5.56 Å². The highest BCUT2D eigenvalue weighted by molar-refractivity contribution is 5.95. The summed E-state index contributed by atoms with van der Waals surface area (Å²) in [6.45, 7) is 3.51. The Morgan fingerprint density at radius 2 is 1.96 bits per heavy atom. The molecule has 0 atom stereocenters. The summed E-state index contributed by atoms with van der Waals surface area (Å²) in [5.41, 5.74) is -0.431. The molecule has 0 bridgehead atoms. The van der Waals surface area contributed by atoms with Crippen molar-refractivity contribution in [3.8, 4) is 11.5 Å². The summed E-state index contributed by atoms with van der Waals surface area (Å²) in [6, 6.07) is 1.37. The van der Waals surface area contributed by atoms with E-state index in [9.17, 15) is 14.1 Å². The number of benzene rings is 1. The SMILES string of the molecule is CCOC(=O)c1cn(F)c2c(CC)c(OC)c(OC)cc2c1=O. The normalized spacial score (nSPS) is 10.7. The van der Waals surface area contributed by atoms with Crippen molar-refractivity contribution in [3.05, 3.63) is 33.6 Å². The highest BCUT2D eigenvalue weighted by atomic mass is 19.2. The van der Waals surface area contributed by atoms with Crippen LogP contribution in [0.2, 0.25) is 0 Å². The van der Waals surface area contributed by atoms with E-state index in [-0.39, 0.29) is 27.9 Å². The van der Waals surface area contributed by atoms with Gasteiger partial charge in [0.25, 0.3) is 0 Å². The zero-order valence-electron chi connectivity index (χ0n) is 13.4. The summed E-state index contributed by atoms with van der Waals surface area (Å²) < 4.78 is 29.8. The first kappa shape index (κ1) is 16.8. The first-order valence-electron chi connectivity index (χ1n) is 7.16. The van der Waals surface area contributed by atoms with Crippen LogP contribution >= 0.6 is 0 Å². The molecule has 0 aliphatic rings. The number of hydrogen-bond donors (Lipinski definition) is 0. The second kappa shape index (κ2) is 6.68. The monoisotopic (exact) mass is 323 g/mol. The van der Waals surface area contributed by atoms with Gasteiger partial charge in [0.15, 0.2) is 11.5 Å². The van der Waals surface area contributed by atoms with Crippen molar-refractivity contribution >= 4 is 16.9 Å². The molecule has 0 aliphatic heterocycles. The summed E-state index contributed by atoms with van der Waals surface area (Å²) >= 11 is 0. The van der Waals surface area contributed by atoms with Crippen LogP contribution < -0.4 is 14.9 Å². The zero-order valence-corrected chi connectivity index (χ0v) is 13.4. The molecule has 0 radical (unpaired) electrons. The van der Waals surface area contributed by atoms with Crippen molar-refractivity contribution in [1.29, 1.82) is 0 Å². The lowest BCUT2D eigenvalue weighted by molar-refractivity contribution is 0.0523. The minimum atomic E-state index is -0.862. The second-order valence-corrected chi connectivity index (χ2v) is 4.74. The highest BCUT2D eigenvalue weighted by Crippen LogP contribution is 2.37. The molecular formula is C16H18FNO5. The van der Waals surface area contributed by atoms with Crippen LogP contribution in [0.5, 0.6) is 11.5 Å². The van der Waals surface area contributed by atoms with Gasteiger partial charge in [-0.25, -0.2) is 4.79 Å². The number of pyridine rings is 1. The van der Waals surface area contributed by atoms with Gasteiger partial charge in [0.1, 0.15) is 5.56 Å². The predicted octanol–water partition coefficient (Wildman–Crippen LogP) is 2.49. The molecule has 2 aromatic rings. The average molecular weight is 323 g/mol. The van der Waals surface area contributed by atoms with Gasteiger partial charge in [-0.2, -0.15) is 4.79 Å². The van der Waals surface area contributed by atoms with Crippen molar-refractivity contribution in [2.75, 3.05) is 20.8 Å². The number of fused-ring (bicyclic) bond motifs is 1. The van der Waals surface area contributed by atoms with Crippen LogP contribution in [0.25, 0.3) is 10.9 Å². The highest BCUT2D eigenvalue weighted by Gasteiger charge is 2.22. The lowest BCUT2D eigenvalue weighted by Gasteiger charge is -2.16. The topological polar surface area (TPSA) is 66.8 Å². The first-order valence-corrected chi connectivity index (χ1v) is 7.16. The van der Waals surface area contributed by atoms with E-state index in [4.69, 9.17) is 14.2 Å². The van der Waals surface area contributed by atoms with Crippen LogP contribution in [0.3, 0.4) is 0 Å². The molecule has 0 fully saturated rings. The summed E-state index contributed by atoms with van der Waals surface area (Å²) in [6.07, 6.45) is 1.26. The third kappa shape index (κ3) is 2.74. The average Bonchev–Trinajstić information content (AvgIpc) is 2.55. The van der Waals surface area contributed by atoms with E-state index in [1.165, 1.54) is 20.3 Å². The minimum absolute atomic E-state index is 0.0348. The van der Waals surface area contributed by atoms with Crippen LogP contribution in [0.1, 0.15) is 29.8 Å². The van der Waals surface area contributed by atoms with Gasteiger partial charge >= 0.3 is 5.97 Å². The molecule has 1 aromatic heterocycles. The van der Waals surface area contributed by atoms with Crippen LogP contribution in [0, 0.1) is 0 Å². The number of methoxy groups -OCH3 is 2. The van der Waals surface area contributed by atoms with Crippen molar-refractivity contribution in [1.82, 2.24) is 4.79 Å². The van der Waals surface area contributed by atoms with Crippen molar-refractivity contribution < 1.29 is 23.5 Å². The summed E-state index contributed by atoms with van der Waals surface area (Å²) in [7, 11) is 2.86. The van der Waals surface area contributed by atoms with Gasteiger partial charge in [0.2, 0.25) is 5.43 Å². The number of rotatable bonds is 5. The van der Waals surface area contributed by atoms with Crippen LogP contribution in [-0.2, 0) is 11.2 Å². The zero-order chi connectivity index (χ0) is 17.1. The minimum Gasteiger partial charge on any atom is -0.493 e. The lowest BCUT2D eigenvalue weighted by Crippen LogP contribution is -2.20. The maximum Gasteiger partial charge on any atom is 0.343 e. The summed E-state index contributed by atoms with van der Waals surface area (Å²) in [5, 5.41) is 0.0348. The van der Waals surface area contributed by atoms with Crippen LogP contribution in [-0.4, -0.2) is 31.6 Å². The Morgan fingerprint density at radius 3 is 2.48 bits per heavy atom. The number of halogens is 1. The Labute approximate surface area is 132 Å². The Kier molecular flexibility index (Phi) is 4.88. The second-order valence-electron chi connectivity index (χ2n) is 4.74. The molecule has 0 saturated heterocycles. The Bertz CT molecular complexity index is 812. The molecule has 0 saturated carbocycles. The van der Waals surface area contributed by atoms with E-state index in [2.05, 4.69) is 0 Å². The fourth-order valence-corrected chi connectivity index (χ4v) is 2.54. The fourth-order valence-electron chi connectivity index (χ4n) is 2.54. The molecule has 1 aromatic carbocycles. The number of aromatic nitrogens is 1. The van der Waals surface area contributed by atoms with Gasteiger partial charge in [-0.1, -0.05) is 11.4 Å². The standard InChI is InChI=1S/C16H18FNO5/c1-5-9-13-10(7-12(21-3)15(9)22-4)14(19)11(8-18(13)17)16(20)23-6-2/h7-8H,5-6H2,1-4H3. The van der Waals surface area contributed by atoms with E-state index in [1.807, 2.05) is 0 Å². The summed E-state index contributed by atoms with van der Waals surface area (Å²) in [4.78, 5) is 24.6. The Morgan fingerprint density at radius 1 is 1.26 bits per heavy atom. The lowest BCUT2D eigenvalue weighted by atomic mass is 10.0. The number of carbonyl (C=O) groups is 1. The van der Waals surface area contributed by atoms with E-state index in [0.29, 0.717) is 23.5 Å². The van der Waals surface area contributed by atoms with Gasteiger partial charge < -0.3 is 14.2 Å². The number of aryl methyl sites for hydroxylation is 1. The van der Waals surface area contributed by atoms with E-state index >= 15 is 0 Å². The van der Waals surface area contributed by atoms with Gasteiger partial charge in [-0.05, 0) is 19.4 Å². The Balaban J connectivity index is 2.91. The molecule has 1 heterocycles. The molecule has 0 aliphatic carbocycles. The van der Waals surface area contributed by atoms with Crippen molar-refractivity contribution in [2.45, 2.75) is 20.3 Å². The van der Waals surface area contributed by atoms with E-state index < -0.39 is 11.4 Å².